The highest BCUT2D eigenvalue weighted by Crippen LogP contribution is 2.34. The van der Waals surface area contributed by atoms with Gasteiger partial charge in [-0.1, -0.05) is 12.1 Å². The zero-order chi connectivity index (χ0) is 19.6. The maximum absolute atomic E-state index is 12.4. The Morgan fingerprint density at radius 1 is 1.22 bits per heavy atom. The molecule has 0 unspecified atom stereocenters. The lowest BCUT2D eigenvalue weighted by Crippen LogP contribution is -2.40. The van der Waals surface area contributed by atoms with Gasteiger partial charge in [0.15, 0.2) is 6.61 Å². The van der Waals surface area contributed by atoms with Crippen LogP contribution in [0.25, 0.3) is 0 Å². The minimum Gasteiger partial charge on any atom is -0.456 e. The predicted octanol–water partition coefficient (Wildman–Crippen LogP) is 2.99. The molecule has 1 amide bonds. The predicted molar refractivity (Wildman–Crippen MR) is 104 cm³/mol. The number of anilines is 1. The van der Waals surface area contributed by atoms with Crippen LogP contribution in [0.15, 0.2) is 35.2 Å². The van der Waals surface area contributed by atoms with E-state index in [0.29, 0.717) is 11.3 Å². The number of rotatable bonds is 6. The molecule has 7 heteroatoms. The summed E-state index contributed by atoms with van der Waals surface area (Å²) in [5, 5.41) is 0. The number of thioether (sulfide) groups is 1. The molecule has 0 bridgehead atoms. The van der Waals surface area contributed by atoms with E-state index < -0.39 is 5.97 Å². The largest absolute Gasteiger partial charge is 0.456 e. The van der Waals surface area contributed by atoms with Crippen molar-refractivity contribution in [2.45, 2.75) is 32.2 Å². The van der Waals surface area contributed by atoms with Gasteiger partial charge in [0.1, 0.15) is 6.54 Å². The van der Waals surface area contributed by atoms with Gasteiger partial charge in [-0.25, -0.2) is 0 Å². The van der Waals surface area contributed by atoms with Crippen molar-refractivity contribution in [3.8, 4) is 0 Å². The standard InChI is InChI=1S/C20H22N2O4S/c1-4-21-13(2)9-15(14(21)3)17(23)11-26-20(25)10-22-16-7-5-6-8-18(16)27-12-19(22)24/h5-9H,4,10-12H2,1-3H3. The van der Waals surface area contributed by atoms with Crippen molar-refractivity contribution in [3.63, 3.8) is 0 Å². The molecule has 0 radical (unpaired) electrons. The van der Waals surface area contributed by atoms with Crippen LogP contribution >= 0.6 is 11.8 Å². The van der Waals surface area contributed by atoms with Crippen LogP contribution in [0.5, 0.6) is 0 Å². The van der Waals surface area contributed by atoms with Crippen LogP contribution in [-0.4, -0.2) is 41.1 Å². The number of benzene rings is 1. The summed E-state index contributed by atoms with van der Waals surface area (Å²) in [5.41, 5.74) is 3.14. The first-order valence-electron chi connectivity index (χ1n) is 8.80. The number of Topliss-reactive ketones (excluding diaryl/α,β-unsaturated/α-hetero) is 1. The molecule has 2 heterocycles. The third-order valence-electron chi connectivity index (χ3n) is 4.65. The van der Waals surface area contributed by atoms with Crippen LogP contribution in [0, 0.1) is 13.8 Å². The Kier molecular flexibility index (Phi) is 5.70. The zero-order valence-corrected chi connectivity index (χ0v) is 16.5. The van der Waals surface area contributed by atoms with E-state index in [9.17, 15) is 14.4 Å². The number of hydrogen-bond donors (Lipinski definition) is 0. The minimum absolute atomic E-state index is 0.145. The van der Waals surface area contributed by atoms with Gasteiger partial charge >= 0.3 is 5.97 Å². The summed E-state index contributed by atoms with van der Waals surface area (Å²) in [4.78, 5) is 39.2. The molecule has 142 valence electrons. The molecule has 27 heavy (non-hydrogen) atoms. The normalized spacial score (nSPS) is 13.4. The molecule has 1 aromatic heterocycles. The number of fused-ring (bicyclic) bond motifs is 1. The van der Waals surface area contributed by atoms with Crippen molar-refractivity contribution < 1.29 is 19.1 Å². The lowest BCUT2D eigenvalue weighted by Gasteiger charge is -2.27. The number of carbonyl (C=O) groups is 3. The average molecular weight is 386 g/mol. The summed E-state index contributed by atoms with van der Waals surface area (Å²) in [6.45, 7) is 6.09. The topological polar surface area (TPSA) is 68.6 Å². The van der Waals surface area contributed by atoms with Crippen LogP contribution in [-0.2, 0) is 20.9 Å². The number of esters is 1. The lowest BCUT2D eigenvalue weighted by atomic mass is 10.1. The number of para-hydroxylation sites is 1. The number of carbonyl (C=O) groups excluding carboxylic acids is 3. The number of ether oxygens (including phenoxy) is 1. The number of aromatic nitrogens is 1. The highest BCUT2D eigenvalue weighted by molar-refractivity contribution is 8.00. The number of aryl methyl sites for hydroxylation is 1. The molecule has 0 saturated heterocycles. The Labute approximate surface area is 162 Å². The highest BCUT2D eigenvalue weighted by atomic mass is 32.2. The lowest BCUT2D eigenvalue weighted by molar-refractivity contribution is -0.141. The van der Waals surface area contributed by atoms with Crippen molar-refractivity contribution in [3.05, 3.63) is 47.3 Å². The number of hydrogen-bond acceptors (Lipinski definition) is 5. The second-order valence-corrected chi connectivity index (χ2v) is 7.37. The Bertz CT molecular complexity index is 903. The van der Waals surface area contributed by atoms with Gasteiger partial charge in [0.2, 0.25) is 11.7 Å². The molecule has 1 aliphatic rings. The first-order valence-corrected chi connectivity index (χ1v) is 9.78. The first-order chi connectivity index (χ1) is 12.9. The molecule has 1 aliphatic heterocycles. The molecular weight excluding hydrogens is 364 g/mol. The first kappa shape index (κ1) is 19.2. The molecule has 0 saturated carbocycles. The number of nitrogens with zero attached hydrogens (tertiary/aromatic N) is 2. The molecular formula is C20H22N2O4S. The Morgan fingerprint density at radius 3 is 2.67 bits per heavy atom. The Hall–Kier alpha value is -2.54. The van der Waals surface area contributed by atoms with E-state index >= 15 is 0 Å². The fourth-order valence-corrected chi connectivity index (χ4v) is 4.23. The quantitative estimate of drug-likeness (QED) is 0.564. The van der Waals surface area contributed by atoms with Gasteiger partial charge in [-0.05, 0) is 39.0 Å². The van der Waals surface area contributed by atoms with Gasteiger partial charge in [-0.3, -0.25) is 19.3 Å². The van der Waals surface area contributed by atoms with Crippen molar-refractivity contribution in [1.29, 1.82) is 0 Å². The molecule has 6 nitrogen and oxygen atoms in total. The van der Waals surface area contributed by atoms with Crippen LogP contribution in [0.2, 0.25) is 0 Å². The monoisotopic (exact) mass is 386 g/mol. The van der Waals surface area contributed by atoms with E-state index in [2.05, 4.69) is 0 Å². The van der Waals surface area contributed by atoms with E-state index in [0.717, 1.165) is 22.8 Å². The van der Waals surface area contributed by atoms with E-state index in [-0.39, 0.29) is 30.6 Å². The van der Waals surface area contributed by atoms with Crippen molar-refractivity contribution >= 4 is 35.1 Å². The number of ketones is 1. The van der Waals surface area contributed by atoms with Gasteiger partial charge in [-0.2, -0.15) is 0 Å². The number of amides is 1. The maximum atomic E-state index is 12.4. The van der Waals surface area contributed by atoms with E-state index in [1.807, 2.05) is 49.6 Å². The van der Waals surface area contributed by atoms with E-state index in [4.69, 9.17) is 4.74 Å². The second kappa shape index (κ2) is 8.00. The molecule has 0 N–H and O–H groups in total. The maximum Gasteiger partial charge on any atom is 0.326 e. The molecule has 0 spiro atoms. The molecule has 1 aromatic carbocycles. The van der Waals surface area contributed by atoms with Crippen LogP contribution in [0.1, 0.15) is 28.7 Å². The van der Waals surface area contributed by atoms with Crippen LogP contribution in [0.3, 0.4) is 0 Å². The SMILES string of the molecule is CCn1c(C)cc(C(=O)COC(=O)CN2C(=O)CSc3ccccc32)c1C. The Morgan fingerprint density at radius 2 is 1.96 bits per heavy atom. The summed E-state index contributed by atoms with van der Waals surface area (Å²) in [6.07, 6.45) is 0. The summed E-state index contributed by atoms with van der Waals surface area (Å²) < 4.78 is 7.20. The van der Waals surface area contributed by atoms with Crippen molar-refractivity contribution in [2.75, 3.05) is 23.8 Å². The summed E-state index contributed by atoms with van der Waals surface area (Å²) in [7, 11) is 0. The van der Waals surface area contributed by atoms with Crippen molar-refractivity contribution in [2.24, 2.45) is 0 Å². The molecule has 0 atom stereocenters. The van der Waals surface area contributed by atoms with Crippen LogP contribution in [0.4, 0.5) is 5.69 Å². The third-order valence-corrected chi connectivity index (χ3v) is 5.70. The molecule has 0 fully saturated rings. The van der Waals surface area contributed by atoms with Gasteiger partial charge in [0.05, 0.1) is 11.4 Å². The summed E-state index contributed by atoms with van der Waals surface area (Å²) in [5.74, 6) is -0.695. The summed E-state index contributed by atoms with van der Waals surface area (Å²) in [6, 6.07) is 9.25. The van der Waals surface area contributed by atoms with E-state index in [1.165, 1.54) is 16.7 Å². The molecule has 2 aromatic rings. The van der Waals surface area contributed by atoms with Crippen molar-refractivity contribution in [1.82, 2.24) is 4.57 Å². The summed E-state index contributed by atoms with van der Waals surface area (Å²) >= 11 is 1.45. The smallest absolute Gasteiger partial charge is 0.326 e. The molecule has 3 rings (SSSR count). The fourth-order valence-electron chi connectivity index (χ4n) is 3.30. The third kappa shape index (κ3) is 3.93. The molecule has 0 aliphatic carbocycles. The van der Waals surface area contributed by atoms with Gasteiger partial charge in [-0.15, -0.1) is 11.8 Å². The van der Waals surface area contributed by atoms with Crippen LogP contribution < -0.4 is 4.90 Å². The second-order valence-electron chi connectivity index (χ2n) is 6.35. The van der Waals surface area contributed by atoms with Gasteiger partial charge < -0.3 is 9.30 Å². The Balaban J connectivity index is 1.64. The minimum atomic E-state index is -0.595. The van der Waals surface area contributed by atoms with Gasteiger partial charge in [0, 0.05) is 28.4 Å². The fraction of sp³-hybridized carbons (Fsp3) is 0.350. The highest BCUT2D eigenvalue weighted by Gasteiger charge is 2.27. The van der Waals surface area contributed by atoms with Gasteiger partial charge in [0.25, 0.3) is 0 Å². The average Bonchev–Trinajstić information content (AvgIpc) is 2.95. The van der Waals surface area contributed by atoms with E-state index in [1.54, 1.807) is 6.07 Å². The zero-order valence-electron chi connectivity index (χ0n) is 15.7.